The highest BCUT2D eigenvalue weighted by Crippen LogP contribution is 2.15. The minimum absolute atomic E-state index is 0.404. The van der Waals surface area contributed by atoms with Crippen molar-refractivity contribution in [3.05, 3.63) is 24.3 Å². The largest absolute Gasteiger partial charge is 0.414 e. The van der Waals surface area contributed by atoms with Gasteiger partial charge in [0.05, 0.1) is 0 Å². The average Bonchev–Trinajstić information content (AvgIpc) is 2.19. The zero-order valence-electron chi connectivity index (χ0n) is 8.15. The summed E-state index contributed by atoms with van der Waals surface area (Å²) >= 11 is 0. The molecule has 0 aliphatic rings. The molecule has 5 nitrogen and oxygen atoms in total. The van der Waals surface area contributed by atoms with Crippen LogP contribution in [-0.2, 0) is 0 Å². The van der Waals surface area contributed by atoms with E-state index in [0.717, 1.165) is 5.69 Å². The maximum Gasteiger partial charge on any atom is 0.414 e. The molecule has 1 amide bonds. The van der Waals surface area contributed by atoms with Crippen LogP contribution in [0.4, 0.5) is 10.5 Å². The van der Waals surface area contributed by atoms with Crippen LogP contribution in [-0.4, -0.2) is 25.1 Å². The minimum atomic E-state index is -0.404. The number of nitrogen functional groups attached to an aromatic ring is 1. The highest BCUT2D eigenvalue weighted by atomic mass is 16.6. The van der Waals surface area contributed by atoms with Gasteiger partial charge in [-0.3, -0.25) is 5.84 Å². The van der Waals surface area contributed by atoms with E-state index in [2.05, 4.69) is 5.43 Å². The average molecular weight is 195 g/mol. The van der Waals surface area contributed by atoms with Crippen LogP contribution in [0, 0.1) is 0 Å². The second kappa shape index (κ2) is 4.48. The molecule has 76 valence electrons. The highest BCUT2D eigenvalue weighted by molar-refractivity contribution is 5.70. The Bertz CT molecular complexity index is 308. The van der Waals surface area contributed by atoms with Crippen LogP contribution in [0.25, 0.3) is 0 Å². The first kappa shape index (κ1) is 10.3. The van der Waals surface area contributed by atoms with Crippen molar-refractivity contribution in [3.8, 4) is 5.75 Å². The Balaban J connectivity index is 2.64. The van der Waals surface area contributed by atoms with Crippen molar-refractivity contribution in [1.29, 1.82) is 0 Å². The summed E-state index contributed by atoms with van der Waals surface area (Å²) in [5.74, 6) is 5.67. The molecule has 0 saturated carbocycles. The van der Waals surface area contributed by atoms with Gasteiger partial charge in [-0.25, -0.2) is 4.79 Å². The van der Waals surface area contributed by atoms with Gasteiger partial charge in [0.2, 0.25) is 0 Å². The predicted molar refractivity (Wildman–Crippen MR) is 54.0 cm³/mol. The summed E-state index contributed by atoms with van der Waals surface area (Å²) in [6.45, 7) is 0. The molecule has 0 fully saturated rings. The molecule has 0 atom stereocenters. The zero-order chi connectivity index (χ0) is 10.6. The first-order valence-electron chi connectivity index (χ1n) is 4.09. The lowest BCUT2D eigenvalue weighted by molar-refractivity contribution is 0.172. The molecule has 0 aromatic heterocycles. The van der Waals surface area contributed by atoms with Gasteiger partial charge < -0.3 is 15.1 Å². The number of benzene rings is 1. The molecular weight excluding hydrogens is 182 g/mol. The summed E-state index contributed by atoms with van der Waals surface area (Å²) < 4.78 is 4.99. The number of carbonyl (C=O) groups is 1. The number of nitrogens with zero attached hydrogens (tertiary/aromatic N) is 1. The molecular formula is C9H13N3O2. The van der Waals surface area contributed by atoms with Crippen molar-refractivity contribution in [2.24, 2.45) is 5.84 Å². The van der Waals surface area contributed by atoms with Gasteiger partial charge in [-0.05, 0) is 24.3 Å². The van der Waals surface area contributed by atoms with Gasteiger partial charge in [0.15, 0.2) is 0 Å². The third kappa shape index (κ3) is 2.63. The second-order valence-electron chi connectivity index (χ2n) is 2.93. The van der Waals surface area contributed by atoms with E-state index >= 15 is 0 Å². The number of nitrogens with two attached hydrogens (primary N) is 1. The predicted octanol–water partition coefficient (Wildman–Crippen LogP) is 1.03. The molecule has 0 unspecified atom stereocenters. The smallest absolute Gasteiger partial charge is 0.410 e. The number of hydrazine groups is 1. The highest BCUT2D eigenvalue weighted by Gasteiger charge is 2.05. The van der Waals surface area contributed by atoms with E-state index in [0.29, 0.717) is 5.75 Å². The Morgan fingerprint density at radius 1 is 1.36 bits per heavy atom. The van der Waals surface area contributed by atoms with Crippen molar-refractivity contribution >= 4 is 11.8 Å². The van der Waals surface area contributed by atoms with E-state index < -0.39 is 6.09 Å². The first-order chi connectivity index (χ1) is 6.63. The Hall–Kier alpha value is -1.75. The third-order valence-electron chi connectivity index (χ3n) is 1.59. The maximum atomic E-state index is 11.1. The van der Waals surface area contributed by atoms with E-state index in [1.54, 1.807) is 38.4 Å². The number of rotatable bonds is 2. The van der Waals surface area contributed by atoms with E-state index in [4.69, 9.17) is 10.6 Å². The van der Waals surface area contributed by atoms with Crippen molar-refractivity contribution in [1.82, 2.24) is 4.90 Å². The van der Waals surface area contributed by atoms with Gasteiger partial charge in [0.25, 0.3) is 0 Å². The van der Waals surface area contributed by atoms with Gasteiger partial charge in [-0.1, -0.05) is 0 Å². The Morgan fingerprint density at radius 3 is 2.36 bits per heavy atom. The number of hydrogen-bond acceptors (Lipinski definition) is 4. The van der Waals surface area contributed by atoms with Crippen LogP contribution in [0.15, 0.2) is 24.3 Å². The number of hydrogen-bond donors (Lipinski definition) is 2. The maximum absolute atomic E-state index is 11.1. The van der Waals surface area contributed by atoms with E-state index in [1.807, 2.05) is 0 Å². The normalized spacial score (nSPS) is 9.36. The fourth-order valence-corrected chi connectivity index (χ4v) is 0.811. The van der Waals surface area contributed by atoms with E-state index in [1.165, 1.54) is 4.90 Å². The van der Waals surface area contributed by atoms with Crippen molar-refractivity contribution in [2.75, 3.05) is 19.5 Å². The van der Waals surface area contributed by atoms with Crippen molar-refractivity contribution < 1.29 is 9.53 Å². The first-order valence-corrected chi connectivity index (χ1v) is 4.09. The molecule has 0 bridgehead atoms. The van der Waals surface area contributed by atoms with Gasteiger partial charge in [-0.15, -0.1) is 0 Å². The van der Waals surface area contributed by atoms with Crippen molar-refractivity contribution in [3.63, 3.8) is 0 Å². The lowest BCUT2D eigenvalue weighted by Gasteiger charge is -2.10. The molecule has 1 aromatic carbocycles. The summed E-state index contributed by atoms with van der Waals surface area (Å²) in [6.07, 6.45) is -0.404. The molecule has 0 spiro atoms. The molecule has 5 heteroatoms. The van der Waals surface area contributed by atoms with Crippen LogP contribution < -0.4 is 16.0 Å². The van der Waals surface area contributed by atoms with E-state index in [9.17, 15) is 4.79 Å². The number of ether oxygens (including phenoxy) is 1. The molecule has 3 N–H and O–H groups in total. The molecule has 1 rings (SSSR count). The topological polar surface area (TPSA) is 67.6 Å². The minimum Gasteiger partial charge on any atom is -0.410 e. The molecule has 0 heterocycles. The summed E-state index contributed by atoms with van der Waals surface area (Å²) in [4.78, 5) is 12.5. The molecule has 0 aliphatic carbocycles. The Morgan fingerprint density at radius 2 is 1.93 bits per heavy atom. The molecule has 0 radical (unpaired) electrons. The molecule has 1 aromatic rings. The standard InChI is InChI=1S/C9H13N3O2/c1-12(2)9(13)14-8-5-3-7(11-10)4-6-8/h3-6,11H,10H2,1-2H3. The monoisotopic (exact) mass is 195 g/mol. The van der Waals surface area contributed by atoms with Gasteiger partial charge in [0.1, 0.15) is 5.75 Å². The number of amides is 1. The second-order valence-corrected chi connectivity index (χ2v) is 2.93. The van der Waals surface area contributed by atoms with Crippen LogP contribution in [0.1, 0.15) is 0 Å². The Kier molecular flexibility index (Phi) is 3.30. The summed E-state index contributed by atoms with van der Waals surface area (Å²) in [5, 5.41) is 0. The van der Waals surface area contributed by atoms with Crippen LogP contribution in [0.3, 0.4) is 0 Å². The zero-order valence-corrected chi connectivity index (χ0v) is 8.15. The van der Waals surface area contributed by atoms with E-state index in [-0.39, 0.29) is 0 Å². The van der Waals surface area contributed by atoms with Crippen LogP contribution >= 0.6 is 0 Å². The van der Waals surface area contributed by atoms with Gasteiger partial charge >= 0.3 is 6.09 Å². The lowest BCUT2D eigenvalue weighted by Crippen LogP contribution is -2.25. The molecule has 0 saturated heterocycles. The number of nitrogens with one attached hydrogen (secondary N) is 1. The van der Waals surface area contributed by atoms with Gasteiger partial charge in [0, 0.05) is 19.8 Å². The fourth-order valence-electron chi connectivity index (χ4n) is 0.811. The summed E-state index contributed by atoms with van der Waals surface area (Å²) in [5.41, 5.74) is 3.24. The summed E-state index contributed by atoms with van der Waals surface area (Å²) in [6, 6.07) is 6.77. The third-order valence-corrected chi connectivity index (χ3v) is 1.59. The quantitative estimate of drug-likeness (QED) is 0.546. The summed E-state index contributed by atoms with van der Waals surface area (Å²) in [7, 11) is 3.25. The number of anilines is 1. The van der Waals surface area contributed by atoms with Gasteiger partial charge in [-0.2, -0.15) is 0 Å². The Labute approximate surface area is 82.4 Å². The SMILES string of the molecule is CN(C)C(=O)Oc1ccc(NN)cc1. The molecule has 14 heavy (non-hydrogen) atoms. The van der Waals surface area contributed by atoms with Crippen LogP contribution in [0.5, 0.6) is 5.75 Å². The molecule has 0 aliphatic heterocycles. The lowest BCUT2D eigenvalue weighted by atomic mass is 10.3. The number of carbonyl (C=O) groups excluding carboxylic acids is 1. The fraction of sp³-hybridized carbons (Fsp3) is 0.222. The van der Waals surface area contributed by atoms with Crippen LogP contribution in [0.2, 0.25) is 0 Å². The van der Waals surface area contributed by atoms with Crippen molar-refractivity contribution in [2.45, 2.75) is 0 Å².